The van der Waals surface area contributed by atoms with Crippen LogP contribution in [0.25, 0.3) is 0 Å². The number of nitrogens with two attached hydrogens (primary N) is 1. The van der Waals surface area contributed by atoms with Crippen LogP contribution in [-0.2, 0) is 14.3 Å². The van der Waals surface area contributed by atoms with Crippen molar-refractivity contribution in [2.75, 3.05) is 19.8 Å². The number of carboxylic acids is 1. The van der Waals surface area contributed by atoms with Gasteiger partial charge in [-0.3, -0.25) is 9.59 Å². The van der Waals surface area contributed by atoms with E-state index in [0.29, 0.717) is 13.2 Å². The molecule has 0 saturated carbocycles. The van der Waals surface area contributed by atoms with Crippen molar-refractivity contribution in [1.29, 1.82) is 0 Å². The Hall–Kier alpha value is -1.14. The molecule has 0 fully saturated rings. The Morgan fingerprint density at radius 2 is 2.21 bits per heavy atom. The lowest BCUT2D eigenvalue weighted by Gasteiger charge is -2.11. The maximum atomic E-state index is 11.0. The predicted molar refractivity (Wildman–Crippen MR) is 49.7 cm³/mol. The fourth-order valence-corrected chi connectivity index (χ4v) is 0.878. The number of carbonyl (C=O) groups excluding carboxylic acids is 1. The molecule has 0 aromatic carbocycles. The topological polar surface area (TPSA) is 102 Å². The molecule has 0 saturated heterocycles. The number of carbonyl (C=O) groups is 2. The second-order valence-corrected chi connectivity index (χ2v) is 2.91. The Kier molecular flexibility index (Phi) is 6.69. The first-order valence-corrected chi connectivity index (χ1v) is 4.35. The van der Waals surface area contributed by atoms with Gasteiger partial charge in [0.15, 0.2) is 0 Å². The Bertz CT molecular complexity index is 196. The number of aliphatic carboxylic acids is 1. The highest BCUT2D eigenvalue weighted by Crippen LogP contribution is 1.89. The zero-order chi connectivity index (χ0) is 11.0. The van der Waals surface area contributed by atoms with E-state index in [4.69, 9.17) is 15.6 Å². The molecule has 0 aromatic rings. The van der Waals surface area contributed by atoms with Gasteiger partial charge in [0.1, 0.15) is 6.61 Å². The van der Waals surface area contributed by atoms with E-state index in [1.807, 2.05) is 0 Å². The van der Waals surface area contributed by atoms with E-state index in [1.165, 1.54) is 0 Å². The largest absolute Gasteiger partial charge is 0.481 e. The van der Waals surface area contributed by atoms with Gasteiger partial charge in [0.2, 0.25) is 5.91 Å². The van der Waals surface area contributed by atoms with Gasteiger partial charge in [-0.1, -0.05) is 0 Å². The van der Waals surface area contributed by atoms with Crippen LogP contribution in [0.5, 0.6) is 0 Å². The van der Waals surface area contributed by atoms with Gasteiger partial charge in [-0.2, -0.15) is 0 Å². The van der Waals surface area contributed by atoms with Gasteiger partial charge in [-0.05, 0) is 6.92 Å². The zero-order valence-electron chi connectivity index (χ0n) is 8.16. The summed E-state index contributed by atoms with van der Waals surface area (Å²) in [5, 5.41) is 10.9. The van der Waals surface area contributed by atoms with E-state index in [9.17, 15) is 9.59 Å². The third-order valence-electron chi connectivity index (χ3n) is 1.38. The van der Waals surface area contributed by atoms with E-state index >= 15 is 0 Å². The minimum Gasteiger partial charge on any atom is -0.481 e. The zero-order valence-corrected chi connectivity index (χ0v) is 8.16. The van der Waals surface area contributed by atoms with Gasteiger partial charge >= 0.3 is 5.97 Å². The van der Waals surface area contributed by atoms with E-state index < -0.39 is 5.97 Å². The summed E-state index contributed by atoms with van der Waals surface area (Å²) in [5.74, 6) is -1.27. The van der Waals surface area contributed by atoms with Crippen molar-refractivity contribution >= 4 is 11.9 Å². The normalized spacial score (nSPS) is 12.1. The quantitative estimate of drug-likeness (QED) is 0.459. The molecule has 4 N–H and O–H groups in total. The maximum Gasteiger partial charge on any atom is 0.305 e. The molecule has 0 aliphatic heterocycles. The molecule has 0 aliphatic rings. The van der Waals surface area contributed by atoms with Crippen molar-refractivity contribution in [3.63, 3.8) is 0 Å². The maximum absolute atomic E-state index is 11.0. The highest BCUT2D eigenvalue weighted by molar-refractivity contribution is 5.78. The molecule has 6 heteroatoms. The molecular weight excluding hydrogens is 188 g/mol. The van der Waals surface area contributed by atoms with E-state index in [0.717, 1.165) is 0 Å². The summed E-state index contributed by atoms with van der Waals surface area (Å²) in [6.07, 6.45) is -0.0946. The Morgan fingerprint density at radius 3 is 2.71 bits per heavy atom. The van der Waals surface area contributed by atoms with Gasteiger partial charge in [0.05, 0.1) is 13.0 Å². The summed E-state index contributed by atoms with van der Waals surface area (Å²) in [5.41, 5.74) is 5.15. The lowest BCUT2D eigenvalue weighted by molar-refractivity contribution is -0.137. The van der Waals surface area contributed by atoms with Crippen molar-refractivity contribution in [3.05, 3.63) is 0 Å². The van der Waals surface area contributed by atoms with Crippen LogP contribution in [0, 0.1) is 0 Å². The van der Waals surface area contributed by atoms with Crippen molar-refractivity contribution in [3.8, 4) is 0 Å². The molecule has 0 aromatic heterocycles. The first-order chi connectivity index (χ1) is 6.56. The average Bonchev–Trinajstić information content (AvgIpc) is 2.02. The first-order valence-electron chi connectivity index (χ1n) is 4.35. The molecule has 0 aliphatic carbocycles. The molecule has 1 unspecified atom stereocenters. The number of carboxylic acid groups (broad SMARTS) is 1. The smallest absolute Gasteiger partial charge is 0.305 e. The van der Waals surface area contributed by atoms with Crippen LogP contribution in [-0.4, -0.2) is 42.8 Å². The molecular formula is C8H16N2O4. The second kappa shape index (κ2) is 7.28. The summed E-state index contributed by atoms with van der Waals surface area (Å²) in [6, 6.07) is -0.388. The first kappa shape index (κ1) is 12.9. The molecule has 6 nitrogen and oxygen atoms in total. The van der Waals surface area contributed by atoms with Gasteiger partial charge in [-0.25, -0.2) is 0 Å². The summed E-state index contributed by atoms with van der Waals surface area (Å²) < 4.78 is 4.87. The Labute approximate surface area is 82.4 Å². The molecule has 14 heavy (non-hydrogen) atoms. The average molecular weight is 204 g/mol. The van der Waals surface area contributed by atoms with Gasteiger partial charge in [0.25, 0.3) is 0 Å². The van der Waals surface area contributed by atoms with Crippen molar-refractivity contribution in [2.24, 2.45) is 5.73 Å². The third kappa shape index (κ3) is 7.51. The number of nitrogens with one attached hydrogen (secondary N) is 1. The van der Waals surface area contributed by atoms with Crippen LogP contribution in [0.3, 0.4) is 0 Å². The Balaban J connectivity index is 3.55. The molecule has 0 bridgehead atoms. The number of ether oxygens (including phenoxy) is 1. The minimum atomic E-state index is -0.944. The summed E-state index contributed by atoms with van der Waals surface area (Å²) in [6.45, 7) is 2.22. The number of rotatable bonds is 7. The third-order valence-corrected chi connectivity index (χ3v) is 1.38. The van der Waals surface area contributed by atoms with Crippen LogP contribution >= 0.6 is 0 Å². The van der Waals surface area contributed by atoms with Gasteiger partial charge in [0, 0.05) is 12.6 Å². The van der Waals surface area contributed by atoms with Gasteiger partial charge < -0.3 is 20.9 Å². The van der Waals surface area contributed by atoms with Crippen molar-refractivity contribution in [1.82, 2.24) is 5.32 Å². The van der Waals surface area contributed by atoms with E-state index in [2.05, 4.69) is 5.32 Å². The van der Waals surface area contributed by atoms with Crippen molar-refractivity contribution in [2.45, 2.75) is 19.4 Å². The highest BCUT2D eigenvalue weighted by atomic mass is 16.5. The Morgan fingerprint density at radius 1 is 1.57 bits per heavy atom. The number of amides is 1. The summed E-state index contributed by atoms with van der Waals surface area (Å²) >= 11 is 0. The highest BCUT2D eigenvalue weighted by Gasteiger charge is 2.10. The minimum absolute atomic E-state index is 0.0822. The van der Waals surface area contributed by atoms with Crippen LogP contribution in [0.4, 0.5) is 0 Å². The molecule has 0 heterocycles. The van der Waals surface area contributed by atoms with Crippen LogP contribution in [0.15, 0.2) is 0 Å². The summed E-state index contributed by atoms with van der Waals surface area (Å²) in [4.78, 5) is 21.3. The lowest BCUT2D eigenvalue weighted by Crippen LogP contribution is -2.36. The SMILES string of the molecule is CC(CC(=O)O)NC(=O)COCCN. The molecule has 82 valence electrons. The molecule has 1 atom stereocenters. The predicted octanol–water partition coefficient (Wildman–Crippen LogP) is -1.06. The number of hydrogen-bond acceptors (Lipinski definition) is 4. The fourth-order valence-electron chi connectivity index (χ4n) is 0.878. The van der Waals surface area contributed by atoms with Crippen LogP contribution in [0.1, 0.15) is 13.3 Å². The van der Waals surface area contributed by atoms with Gasteiger partial charge in [-0.15, -0.1) is 0 Å². The standard InChI is InChI=1S/C8H16N2O4/c1-6(4-8(12)13)10-7(11)5-14-3-2-9/h6H,2-5,9H2,1H3,(H,10,11)(H,12,13). The van der Waals surface area contributed by atoms with Crippen molar-refractivity contribution < 1.29 is 19.4 Å². The summed E-state index contributed by atoms with van der Waals surface area (Å²) in [7, 11) is 0. The molecule has 0 rings (SSSR count). The lowest BCUT2D eigenvalue weighted by atomic mass is 10.2. The molecule has 0 radical (unpaired) electrons. The fraction of sp³-hybridized carbons (Fsp3) is 0.750. The van der Waals surface area contributed by atoms with Crippen LogP contribution < -0.4 is 11.1 Å². The monoisotopic (exact) mass is 204 g/mol. The van der Waals surface area contributed by atoms with E-state index in [1.54, 1.807) is 6.92 Å². The molecule has 1 amide bonds. The second-order valence-electron chi connectivity index (χ2n) is 2.91. The van der Waals surface area contributed by atoms with E-state index in [-0.39, 0.29) is 25.0 Å². The van der Waals surface area contributed by atoms with Crippen LogP contribution in [0.2, 0.25) is 0 Å². The number of hydrogen-bond donors (Lipinski definition) is 3. The molecule has 0 spiro atoms.